The Labute approximate surface area is 152 Å². The molecule has 1 saturated heterocycles. The van der Waals surface area contributed by atoms with Crippen LogP contribution in [0.2, 0.25) is 0 Å². The Morgan fingerprint density at radius 3 is 2.88 bits per heavy atom. The van der Waals surface area contributed by atoms with Crippen LogP contribution in [-0.4, -0.2) is 47.4 Å². The third kappa shape index (κ3) is 3.83. The molecule has 0 bridgehead atoms. The van der Waals surface area contributed by atoms with Gasteiger partial charge in [-0.3, -0.25) is 4.79 Å². The minimum atomic E-state index is -0.185. The summed E-state index contributed by atoms with van der Waals surface area (Å²) >= 11 is 0. The number of morpholine rings is 1. The van der Waals surface area contributed by atoms with E-state index in [0.29, 0.717) is 12.2 Å². The SMILES string of the molecule is O=C(NCc1ccnc(N2CCOCC2)c1)c1cc2c(nn1)CCCC2. The van der Waals surface area contributed by atoms with Crippen LogP contribution in [0.3, 0.4) is 0 Å². The van der Waals surface area contributed by atoms with E-state index in [1.165, 1.54) is 0 Å². The van der Waals surface area contributed by atoms with Crippen molar-refractivity contribution >= 4 is 11.7 Å². The summed E-state index contributed by atoms with van der Waals surface area (Å²) in [6.07, 6.45) is 6.04. The monoisotopic (exact) mass is 353 g/mol. The number of carbonyl (C=O) groups is 1. The maximum Gasteiger partial charge on any atom is 0.272 e. The summed E-state index contributed by atoms with van der Waals surface area (Å²) in [6, 6.07) is 5.83. The van der Waals surface area contributed by atoms with Gasteiger partial charge in [0.05, 0.1) is 18.9 Å². The van der Waals surface area contributed by atoms with Crippen LogP contribution in [0.4, 0.5) is 5.82 Å². The maximum atomic E-state index is 12.4. The summed E-state index contributed by atoms with van der Waals surface area (Å²) < 4.78 is 5.38. The average molecular weight is 353 g/mol. The largest absolute Gasteiger partial charge is 0.378 e. The Hall–Kier alpha value is -2.54. The molecule has 3 heterocycles. The van der Waals surface area contributed by atoms with E-state index < -0.39 is 0 Å². The van der Waals surface area contributed by atoms with Gasteiger partial charge in [-0.25, -0.2) is 4.98 Å². The van der Waals surface area contributed by atoms with E-state index in [9.17, 15) is 4.79 Å². The molecule has 7 heteroatoms. The zero-order valence-corrected chi connectivity index (χ0v) is 14.8. The molecule has 2 aromatic heterocycles. The van der Waals surface area contributed by atoms with E-state index >= 15 is 0 Å². The normalized spacial score (nSPS) is 16.8. The Balaban J connectivity index is 1.40. The fourth-order valence-corrected chi connectivity index (χ4v) is 3.41. The molecule has 7 nitrogen and oxygen atoms in total. The standard InChI is InChI=1S/C19H23N5O2/c25-19(17-12-15-3-1-2-4-16(15)22-23-17)21-13-14-5-6-20-18(11-14)24-7-9-26-10-8-24/h5-6,11-12H,1-4,7-10,13H2,(H,21,25). The number of hydrogen-bond donors (Lipinski definition) is 1. The molecular weight excluding hydrogens is 330 g/mol. The number of fused-ring (bicyclic) bond motifs is 1. The van der Waals surface area contributed by atoms with Crippen LogP contribution in [-0.2, 0) is 24.1 Å². The predicted octanol–water partition coefficient (Wildman–Crippen LogP) is 1.52. The lowest BCUT2D eigenvalue weighted by Gasteiger charge is -2.28. The Kier molecular flexibility index (Phi) is 5.06. The van der Waals surface area contributed by atoms with Crippen molar-refractivity contribution in [3.8, 4) is 0 Å². The van der Waals surface area contributed by atoms with Crippen LogP contribution in [0.1, 0.15) is 40.2 Å². The van der Waals surface area contributed by atoms with Gasteiger partial charge in [0.1, 0.15) is 5.82 Å². The van der Waals surface area contributed by atoms with Gasteiger partial charge >= 0.3 is 0 Å². The molecule has 0 radical (unpaired) electrons. The van der Waals surface area contributed by atoms with E-state index in [2.05, 4.69) is 25.4 Å². The van der Waals surface area contributed by atoms with E-state index in [1.54, 1.807) is 6.20 Å². The zero-order chi connectivity index (χ0) is 17.8. The minimum absolute atomic E-state index is 0.185. The van der Waals surface area contributed by atoms with Crippen LogP contribution in [0.15, 0.2) is 24.4 Å². The first-order valence-electron chi connectivity index (χ1n) is 9.21. The van der Waals surface area contributed by atoms with Crippen LogP contribution < -0.4 is 10.2 Å². The number of aromatic nitrogens is 3. The molecule has 0 aromatic carbocycles. The van der Waals surface area contributed by atoms with Gasteiger partial charge in [-0.15, -0.1) is 5.10 Å². The van der Waals surface area contributed by atoms with Crippen molar-refractivity contribution in [1.82, 2.24) is 20.5 Å². The van der Waals surface area contributed by atoms with Gasteiger partial charge in [-0.1, -0.05) is 0 Å². The third-order valence-corrected chi connectivity index (χ3v) is 4.90. The first-order valence-corrected chi connectivity index (χ1v) is 9.21. The van der Waals surface area contributed by atoms with Crippen LogP contribution in [0, 0.1) is 0 Å². The molecule has 4 rings (SSSR count). The second-order valence-electron chi connectivity index (χ2n) is 6.71. The highest BCUT2D eigenvalue weighted by Crippen LogP contribution is 2.19. The number of carbonyl (C=O) groups excluding carboxylic acids is 1. The Morgan fingerprint density at radius 1 is 1.15 bits per heavy atom. The van der Waals surface area contributed by atoms with E-state index in [0.717, 1.165) is 74.6 Å². The fraction of sp³-hybridized carbons (Fsp3) is 0.474. The summed E-state index contributed by atoms with van der Waals surface area (Å²) in [7, 11) is 0. The summed E-state index contributed by atoms with van der Waals surface area (Å²) in [6.45, 7) is 3.57. The quantitative estimate of drug-likeness (QED) is 0.898. The van der Waals surface area contributed by atoms with Gasteiger partial charge in [-0.05, 0) is 55.0 Å². The number of aryl methyl sites for hydroxylation is 2. The number of ether oxygens (including phenoxy) is 1. The lowest BCUT2D eigenvalue weighted by atomic mass is 9.96. The molecule has 0 atom stereocenters. The second-order valence-corrected chi connectivity index (χ2v) is 6.71. The van der Waals surface area contributed by atoms with Crippen LogP contribution in [0.25, 0.3) is 0 Å². The Morgan fingerprint density at radius 2 is 2.00 bits per heavy atom. The molecular formula is C19H23N5O2. The third-order valence-electron chi connectivity index (χ3n) is 4.90. The van der Waals surface area contributed by atoms with E-state index in [1.807, 2.05) is 18.2 Å². The zero-order valence-electron chi connectivity index (χ0n) is 14.8. The lowest BCUT2D eigenvalue weighted by molar-refractivity contribution is 0.0944. The number of rotatable bonds is 4. The number of nitrogens with one attached hydrogen (secondary N) is 1. The molecule has 0 unspecified atom stereocenters. The second kappa shape index (κ2) is 7.78. The number of anilines is 1. The van der Waals surface area contributed by atoms with Crippen molar-refractivity contribution in [2.24, 2.45) is 0 Å². The lowest BCUT2D eigenvalue weighted by Crippen LogP contribution is -2.36. The average Bonchev–Trinajstić information content (AvgIpc) is 2.72. The van der Waals surface area contributed by atoms with Crippen molar-refractivity contribution in [2.75, 3.05) is 31.2 Å². The minimum Gasteiger partial charge on any atom is -0.378 e. The highest BCUT2D eigenvalue weighted by atomic mass is 16.5. The predicted molar refractivity (Wildman–Crippen MR) is 97.1 cm³/mol. The molecule has 0 spiro atoms. The number of hydrogen-bond acceptors (Lipinski definition) is 6. The van der Waals surface area contributed by atoms with E-state index in [-0.39, 0.29) is 5.91 Å². The first-order chi connectivity index (χ1) is 12.8. The summed E-state index contributed by atoms with van der Waals surface area (Å²) in [5.74, 6) is 0.740. The molecule has 1 fully saturated rings. The molecule has 2 aromatic rings. The van der Waals surface area contributed by atoms with Gasteiger partial charge in [-0.2, -0.15) is 5.10 Å². The van der Waals surface area contributed by atoms with Crippen LogP contribution in [0.5, 0.6) is 0 Å². The highest BCUT2D eigenvalue weighted by Gasteiger charge is 2.16. The van der Waals surface area contributed by atoms with Crippen molar-refractivity contribution in [3.63, 3.8) is 0 Å². The Bertz CT molecular complexity index is 789. The fourth-order valence-electron chi connectivity index (χ4n) is 3.41. The first kappa shape index (κ1) is 16.9. The van der Waals surface area contributed by atoms with Gasteiger partial charge in [0.25, 0.3) is 5.91 Å². The van der Waals surface area contributed by atoms with Crippen molar-refractivity contribution < 1.29 is 9.53 Å². The number of pyridine rings is 1. The van der Waals surface area contributed by atoms with Crippen molar-refractivity contribution in [2.45, 2.75) is 32.2 Å². The van der Waals surface area contributed by atoms with Gasteiger partial charge in [0.15, 0.2) is 5.69 Å². The maximum absolute atomic E-state index is 12.4. The van der Waals surface area contributed by atoms with Gasteiger partial charge in [0, 0.05) is 25.8 Å². The number of nitrogens with zero attached hydrogens (tertiary/aromatic N) is 4. The molecule has 1 N–H and O–H groups in total. The summed E-state index contributed by atoms with van der Waals surface area (Å²) in [5, 5.41) is 11.3. The summed E-state index contributed by atoms with van der Waals surface area (Å²) in [4.78, 5) is 19.1. The van der Waals surface area contributed by atoms with Gasteiger partial charge < -0.3 is 15.0 Å². The molecule has 26 heavy (non-hydrogen) atoms. The topological polar surface area (TPSA) is 80.2 Å². The molecule has 0 saturated carbocycles. The highest BCUT2D eigenvalue weighted by molar-refractivity contribution is 5.92. The summed E-state index contributed by atoms with van der Waals surface area (Å²) in [5.41, 5.74) is 3.61. The van der Waals surface area contributed by atoms with Gasteiger partial charge in [0.2, 0.25) is 0 Å². The van der Waals surface area contributed by atoms with E-state index in [4.69, 9.17) is 4.74 Å². The van der Waals surface area contributed by atoms with Crippen molar-refractivity contribution in [1.29, 1.82) is 0 Å². The molecule has 136 valence electrons. The number of amides is 1. The molecule has 1 aliphatic heterocycles. The molecule has 1 aliphatic carbocycles. The molecule has 2 aliphatic rings. The van der Waals surface area contributed by atoms with Crippen molar-refractivity contribution in [3.05, 3.63) is 46.9 Å². The smallest absolute Gasteiger partial charge is 0.272 e. The van der Waals surface area contributed by atoms with Crippen LogP contribution >= 0.6 is 0 Å². The molecule has 1 amide bonds.